The van der Waals surface area contributed by atoms with E-state index in [1.54, 1.807) is 6.92 Å². The molecule has 1 aromatic heterocycles. The third-order valence-electron chi connectivity index (χ3n) is 1.91. The summed E-state index contributed by atoms with van der Waals surface area (Å²) in [5.74, 6) is -0.417. The Bertz CT molecular complexity index is 440. The van der Waals surface area contributed by atoms with E-state index in [1.807, 2.05) is 12.1 Å². The largest absolute Gasteiger partial charge is 0.462 e. The summed E-state index contributed by atoms with van der Waals surface area (Å²) in [6.45, 7) is 2.04. The average Bonchev–Trinajstić information content (AvgIpc) is 2.32. The Morgan fingerprint density at radius 1 is 1.44 bits per heavy atom. The number of ether oxygens (including phenoxy) is 1. The molecule has 0 saturated heterocycles. The van der Waals surface area contributed by atoms with E-state index in [0.29, 0.717) is 12.2 Å². The Morgan fingerprint density at radius 2 is 2.00 bits per heavy atom. The lowest BCUT2D eigenvalue weighted by atomic mass is 10.2. The van der Waals surface area contributed by atoms with Gasteiger partial charge in [0.1, 0.15) is 0 Å². The van der Waals surface area contributed by atoms with E-state index in [2.05, 4.69) is 0 Å². The predicted octanol–water partition coefficient (Wildman–Crippen LogP) is 0.739. The van der Waals surface area contributed by atoms with Crippen LogP contribution in [0.25, 0.3) is 0 Å². The molecule has 0 bridgehead atoms. The summed E-state index contributed by atoms with van der Waals surface area (Å²) in [5, 5.41) is 17.3. The van der Waals surface area contributed by atoms with Crippen LogP contribution in [0.4, 0.5) is 0 Å². The van der Waals surface area contributed by atoms with Crippen molar-refractivity contribution in [1.29, 1.82) is 10.5 Å². The summed E-state index contributed by atoms with van der Waals surface area (Å²) in [4.78, 5) is 11.3. The van der Waals surface area contributed by atoms with Crippen LogP contribution in [0.2, 0.25) is 0 Å². The molecule has 0 amide bonds. The zero-order valence-electron chi connectivity index (χ0n) is 8.75. The van der Waals surface area contributed by atoms with Crippen molar-refractivity contribution in [3.05, 3.63) is 30.1 Å². The SMILES string of the molecule is CCOC(=O)c1cc[n+](C(C#N)C#N)cc1. The van der Waals surface area contributed by atoms with Crippen molar-refractivity contribution >= 4 is 5.97 Å². The first-order chi connectivity index (χ1) is 7.72. The smallest absolute Gasteiger partial charge is 0.338 e. The lowest BCUT2D eigenvalue weighted by Crippen LogP contribution is -2.37. The van der Waals surface area contributed by atoms with Crippen LogP contribution in [-0.4, -0.2) is 12.6 Å². The first kappa shape index (κ1) is 11.7. The minimum absolute atomic E-state index is 0.312. The van der Waals surface area contributed by atoms with Crippen LogP contribution < -0.4 is 4.57 Å². The molecule has 0 aliphatic rings. The third kappa shape index (κ3) is 2.55. The average molecular weight is 216 g/mol. The van der Waals surface area contributed by atoms with Crippen LogP contribution in [0.5, 0.6) is 0 Å². The number of carbonyl (C=O) groups is 1. The second-order valence-corrected chi connectivity index (χ2v) is 2.92. The minimum Gasteiger partial charge on any atom is -0.462 e. The molecule has 0 saturated carbocycles. The van der Waals surface area contributed by atoms with Crippen LogP contribution in [0.1, 0.15) is 23.3 Å². The van der Waals surface area contributed by atoms with E-state index in [4.69, 9.17) is 15.3 Å². The molecule has 80 valence electrons. The van der Waals surface area contributed by atoms with E-state index in [-0.39, 0.29) is 0 Å². The molecule has 0 N–H and O–H groups in total. The second-order valence-electron chi connectivity index (χ2n) is 2.92. The molecular weight excluding hydrogens is 206 g/mol. The lowest BCUT2D eigenvalue weighted by molar-refractivity contribution is -0.697. The van der Waals surface area contributed by atoms with Gasteiger partial charge in [0.15, 0.2) is 24.5 Å². The molecule has 0 spiro atoms. The van der Waals surface area contributed by atoms with Gasteiger partial charge in [0, 0.05) is 12.1 Å². The highest BCUT2D eigenvalue weighted by Gasteiger charge is 2.17. The molecule has 1 heterocycles. The molecule has 1 aromatic rings. The minimum atomic E-state index is -0.878. The maximum atomic E-state index is 11.3. The van der Waals surface area contributed by atoms with Gasteiger partial charge >= 0.3 is 12.0 Å². The zero-order chi connectivity index (χ0) is 12.0. The Hall–Kier alpha value is -2.40. The van der Waals surface area contributed by atoms with Gasteiger partial charge in [0.2, 0.25) is 0 Å². The molecule has 5 heteroatoms. The number of esters is 1. The fourth-order valence-corrected chi connectivity index (χ4v) is 1.12. The van der Waals surface area contributed by atoms with E-state index in [1.165, 1.54) is 29.1 Å². The van der Waals surface area contributed by atoms with Gasteiger partial charge in [-0.15, -0.1) is 0 Å². The second kappa shape index (κ2) is 5.47. The molecule has 0 atom stereocenters. The highest BCUT2D eigenvalue weighted by Crippen LogP contribution is 2.00. The maximum Gasteiger partial charge on any atom is 0.338 e. The van der Waals surface area contributed by atoms with Gasteiger partial charge in [0.25, 0.3) is 0 Å². The highest BCUT2D eigenvalue weighted by molar-refractivity contribution is 5.88. The predicted molar refractivity (Wildman–Crippen MR) is 52.9 cm³/mol. The number of hydrogen-bond donors (Lipinski definition) is 0. The maximum absolute atomic E-state index is 11.3. The zero-order valence-corrected chi connectivity index (χ0v) is 8.75. The topological polar surface area (TPSA) is 77.8 Å². The quantitative estimate of drug-likeness (QED) is 0.551. The van der Waals surface area contributed by atoms with Gasteiger partial charge in [-0.2, -0.15) is 15.1 Å². The van der Waals surface area contributed by atoms with Gasteiger partial charge in [-0.05, 0) is 6.92 Å². The number of pyridine rings is 1. The van der Waals surface area contributed by atoms with Crippen LogP contribution in [-0.2, 0) is 4.74 Å². The molecule has 0 fully saturated rings. The Balaban J connectivity index is 2.88. The molecule has 0 aromatic carbocycles. The normalized spacial score (nSPS) is 9.25. The molecule has 1 rings (SSSR count). The molecule has 0 unspecified atom stereocenters. The summed E-state index contributed by atoms with van der Waals surface area (Å²) in [5.41, 5.74) is 0.396. The van der Waals surface area contributed by atoms with Crippen molar-refractivity contribution in [3.8, 4) is 12.1 Å². The Labute approximate surface area is 93.1 Å². The van der Waals surface area contributed by atoms with Crippen molar-refractivity contribution in [2.45, 2.75) is 13.0 Å². The molecule has 0 radical (unpaired) electrons. The van der Waals surface area contributed by atoms with Crippen molar-refractivity contribution in [3.63, 3.8) is 0 Å². The van der Waals surface area contributed by atoms with Crippen molar-refractivity contribution in [1.82, 2.24) is 0 Å². The Kier molecular flexibility index (Phi) is 3.99. The first-order valence-electron chi connectivity index (χ1n) is 4.70. The number of nitrogens with zero attached hydrogens (tertiary/aromatic N) is 3. The van der Waals surface area contributed by atoms with Crippen LogP contribution in [0.15, 0.2) is 24.5 Å². The van der Waals surface area contributed by atoms with Crippen LogP contribution >= 0.6 is 0 Å². The number of hydrogen-bond acceptors (Lipinski definition) is 4. The summed E-state index contributed by atoms with van der Waals surface area (Å²) >= 11 is 0. The van der Waals surface area contributed by atoms with Crippen LogP contribution in [0, 0.1) is 22.7 Å². The van der Waals surface area contributed by atoms with Crippen LogP contribution in [0.3, 0.4) is 0 Å². The van der Waals surface area contributed by atoms with E-state index in [0.717, 1.165) is 0 Å². The van der Waals surface area contributed by atoms with Gasteiger partial charge in [-0.25, -0.2) is 4.79 Å². The molecule has 16 heavy (non-hydrogen) atoms. The summed E-state index contributed by atoms with van der Waals surface area (Å²) in [6.07, 6.45) is 3.01. The van der Waals surface area contributed by atoms with Crippen molar-refractivity contribution in [2.24, 2.45) is 0 Å². The molecule has 0 aliphatic carbocycles. The Morgan fingerprint density at radius 3 is 2.44 bits per heavy atom. The van der Waals surface area contributed by atoms with Gasteiger partial charge in [-0.3, -0.25) is 0 Å². The summed E-state index contributed by atoms with van der Waals surface area (Å²) < 4.78 is 6.22. The monoisotopic (exact) mass is 216 g/mol. The third-order valence-corrected chi connectivity index (χ3v) is 1.91. The van der Waals surface area contributed by atoms with Gasteiger partial charge in [-0.1, -0.05) is 0 Å². The standard InChI is InChI=1S/C11H10N3O2/c1-2-16-11(15)9-3-5-14(6-4-9)10(7-12)8-13/h3-6,10H,2H2,1H3/q+1. The number of rotatable bonds is 3. The number of aromatic nitrogens is 1. The summed E-state index contributed by atoms with van der Waals surface area (Å²) in [6, 6.07) is 5.80. The van der Waals surface area contributed by atoms with E-state index in [9.17, 15) is 4.79 Å². The highest BCUT2D eigenvalue weighted by atomic mass is 16.5. The van der Waals surface area contributed by atoms with E-state index < -0.39 is 12.0 Å². The first-order valence-corrected chi connectivity index (χ1v) is 4.70. The molecule has 5 nitrogen and oxygen atoms in total. The lowest BCUT2D eigenvalue weighted by Gasteiger charge is -2.00. The van der Waals surface area contributed by atoms with Crippen molar-refractivity contribution < 1.29 is 14.1 Å². The fraction of sp³-hybridized carbons (Fsp3) is 0.273. The number of carbonyl (C=O) groups excluding carboxylic acids is 1. The van der Waals surface area contributed by atoms with Gasteiger partial charge < -0.3 is 4.74 Å². The molecular formula is C11H10N3O2+. The van der Waals surface area contributed by atoms with Gasteiger partial charge in [0.05, 0.1) is 12.2 Å². The summed E-state index contributed by atoms with van der Waals surface area (Å²) in [7, 11) is 0. The fourth-order valence-electron chi connectivity index (χ4n) is 1.12. The van der Waals surface area contributed by atoms with Crippen molar-refractivity contribution in [2.75, 3.05) is 6.61 Å². The van der Waals surface area contributed by atoms with E-state index >= 15 is 0 Å². The molecule has 0 aliphatic heterocycles. The number of nitriles is 2.